The highest BCUT2D eigenvalue weighted by atomic mass is 16.3. The van der Waals surface area contributed by atoms with Gasteiger partial charge in [-0.1, -0.05) is 0 Å². The fourth-order valence-electron chi connectivity index (χ4n) is 2.54. The van der Waals surface area contributed by atoms with Gasteiger partial charge in [0.15, 0.2) is 5.82 Å². The number of hydrogen-bond acceptors (Lipinski definition) is 6. The Balaban J connectivity index is 1.80. The lowest BCUT2D eigenvalue weighted by molar-refractivity contribution is 0.0739. The van der Waals surface area contributed by atoms with Crippen molar-refractivity contribution in [2.24, 2.45) is 0 Å². The molecular formula is C18H16N6O. The van der Waals surface area contributed by atoms with Crippen LogP contribution in [-0.2, 0) is 5.60 Å². The molecule has 0 aliphatic heterocycles. The van der Waals surface area contributed by atoms with Crippen molar-refractivity contribution in [3.05, 3.63) is 60.9 Å². The van der Waals surface area contributed by atoms with Crippen molar-refractivity contribution >= 4 is 5.78 Å². The fraction of sp³-hybridized carbons (Fsp3) is 0.167. The lowest BCUT2D eigenvalue weighted by Crippen LogP contribution is -2.18. The topological polar surface area (TPSA) is 89.1 Å². The number of rotatable bonds is 3. The first-order valence-corrected chi connectivity index (χ1v) is 7.83. The Kier molecular flexibility index (Phi) is 3.51. The Bertz CT molecular complexity index is 1040. The van der Waals surface area contributed by atoms with E-state index in [2.05, 4.69) is 24.9 Å². The molecule has 0 unspecified atom stereocenters. The molecule has 0 fully saturated rings. The van der Waals surface area contributed by atoms with Crippen molar-refractivity contribution in [1.29, 1.82) is 0 Å². The summed E-state index contributed by atoms with van der Waals surface area (Å²) in [5, 5.41) is 10.1. The molecule has 1 N–H and O–H groups in total. The Morgan fingerprint density at radius 1 is 0.960 bits per heavy atom. The molecule has 0 saturated heterocycles. The summed E-state index contributed by atoms with van der Waals surface area (Å²) >= 11 is 0. The quantitative estimate of drug-likeness (QED) is 0.620. The Labute approximate surface area is 144 Å². The van der Waals surface area contributed by atoms with Crippen LogP contribution >= 0.6 is 0 Å². The average Bonchev–Trinajstić information content (AvgIpc) is 3.05. The van der Waals surface area contributed by atoms with Crippen LogP contribution in [0.3, 0.4) is 0 Å². The van der Waals surface area contributed by atoms with Gasteiger partial charge in [0.25, 0.3) is 0 Å². The van der Waals surface area contributed by atoms with Gasteiger partial charge in [0.1, 0.15) is 5.60 Å². The number of imidazole rings is 1. The standard InChI is InChI=1S/C18H16N6O/c1-18(2,25)15-6-10-24-14(11-21-17(24)23-15)13-5-9-20-16(22-13)12-3-7-19-8-4-12/h3-11,25H,1-2H3. The molecular weight excluding hydrogens is 316 g/mol. The summed E-state index contributed by atoms with van der Waals surface area (Å²) in [5.74, 6) is 1.13. The fourth-order valence-corrected chi connectivity index (χ4v) is 2.54. The van der Waals surface area contributed by atoms with E-state index in [0.29, 0.717) is 17.3 Å². The highest BCUT2D eigenvalue weighted by Gasteiger charge is 2.19. The van der Waals surface area contributed by atoms with Crippen LogP contribution in [0.25, 0.3) is 28.6 Å². The van der Waals surface area contributed by atoms with E-state index in [4.69, 9.17) is 0 Å². The van der Waals surface area contributed by atoms with Crippen molar-refractivity contribution in [1.82, 2.24) is 29.3 Å². The molecule has 0 aromatic carbocycles. The highest BCUT2D eigenvalue weighted by Crippen LogP contribution is 2.23. The van der Waals surface area contributed by atoms with E-state index in [0.717, 1.165) is 17.0 Å². The second-order valence-electron chi connectivity index (χ2n) is 6.19. The molecule has 4 aromatic heterocycles. The number of nitrogens with zero attached hydrogens (tertiary/aromatic N) is 6. The van der Waals surface area contributed by atoms with E-state index in [1.165, 1.54) is 0 Å². The van der Waals surface area contributed by atoms with Gasteiger partial charge in [-0.15, -0.1) is 0 Å². The molecule has 0 bridgehead atoms. The molecule has 0 radical (unpaired) electrons. The van der Waals surface area contributed by atoms with E-state index in [9.17, 15) is 5.11 Å². The molecule has 4 aromatic rings. The van der Waals surface area contributed by atoms with E-state index in [1.807, 2.05) is 28.8 Å². The minimum Gasteiger partial charge on any atom is -0.384 e. The van der Waals surface area contributed by atoms with Gasteiger partial charge in [-0.3, -0.25) is 9.38 Å². The van der Waals surface area contributed by atoms with Gasteiger partial charge < -0.3 is 5.11 Å². The predicted octanol–water partition coefficient (Wildman–Crippen LogP) is 2.48. The van der Waals surface area contributed by atoms with E-state index < -0.39 is 5.60 Å². The van der Waals surface area contributed by atoms with E-state index >= 15 is 0 Å². The van der Waals surface area contributed by atoms with E-state index in [1.54, 1.807) is 44.7 Å². The Hall–Kier alpha value is -3.19. The third-order valence-electron chi connectivity index (χ3n) is 3.86. The van der Waals surface area contributed by atoms with Crippen LogP contribution in [0.4, 0.5) is 0 Å². The summed E-state index contributed by atoms with van der Waals surface area (Å²) in [6.45, 7) is 3.39. The third kappa shape index (κ3) is 2.85. The zero-order valence-corrected chi connectivity index (χ0v) is 13.8. The molecule has 0 aliphatic rings. The lowest BCUT2D eigenvalue weighted by Gasteiger charge is -2.16. The first-order chi connectivity index (χ1) is 12.0. The SMILES string of the molecule is CC(C)(O)c1ccn2c(-c3ccnc(-c4ccncc4)n3)cnc2n1. The zero-order chi connectivity index (χ0) is 17.4. The normalized spacial score (nSPS) is 11.8. The molecule has 7 nitrogen and oxygen atoms in total. The number of hydrogen-bond donors (Lipinski definition) is 1. The maximum absolute atomic E-state index is 10.1. The van der Waals surface area contributed by atoms with Crippen molar-refractivity contribution < 1.29 is 5.11 Å². The maximum Gasteiger partial charge on any atom is 0.234 e. The predicted molar refractivity (Wildman–Crippen MR) is 92.5 cm³/mol. The monoisotopic (exact) mass is 332 g/mol. The van der Waals surface area contributed by atoms with Crippen LogP contribution in [0, 0.1) is 0 Å². The van der Waals surface area contributed by atoms with Gasteiger partial charge in [0, 0.05) is 30.4 Å². The van der Waals surface area contributed by atoms with Crippen LogP contribution < -0.4 is 0 Å². The minimum absolute atomic E-state index is 0.513. The van der Waals surface area contributed by atoms with Gasteiger partial charge in [-0.2, -0.15) is 0 Å². The van der Waals surface area contributed by atoms with Crippen LogP contribution in [-0.4, -0.2) is 34.4 Å². The highest BCUT2D eigenvalue weighted by molar-refractivity contribution is 5.62. The molecule has 25 heavy (non-hydrogen) atoms. The zero-order valence-electron chi connectivity index (χ0n) is 13.8. The van der Waals surface area contributed by atoms with Gasteiger partial charge in [0.2, 0.25) is 5.78 Å². The van der Waals surface area contributed by atoms with Gasteiger partial charge in [0.05, 0.1) is 23.3 Å². The van der Waals surface area contributed by atoms with Crippen molar-refractivity contribution in [3.8, 4) is 22.8 Å². The molecule has 7 heteroatoms. The molecule has 0 atom stereocenters. The van der Waals surface area contributed by atoms with Crippen LogP contribution in [0.5, 0.6) is 0 Å². The van der Waals surface area contributed by atoms with Crippen LogP contribution in [0.1, 0.15) is 19.5 Å². The summed E-state index contributed by atoms with van der Waals surface area (Å²) in [6, 6.07) is 7.34. The van der Waals surface area contributed by atoms with Crippen LogP contribution in [0.2, 0.25) is 0 Å². The second kappa shape index (κ2) is 5.71. The molecule has 124 valence electrons. The average molecular weight is 332 g/mol. The molecule has 4 rings (SSSR count). The number of fused-ring (bicyclic) bond motifs is 1. The van der Waals surface area contributed by atoms with Crippen molar-refractivity contribution in [3.63, 3.8) is 0 Å². The number of aliphatic hydroxyl groups is 1. The van der Waals surface area contributed by atoms with Gasteiger partial charge >= 0.3 is 0 Å². The molecule has 0 aliphatic carbocycles. The van der Waals surface area contributed by atoms with Gasteiger partial charge in [-0.25, -0.2) is 19.9 Å². The van der Waals surface area contributed by atoms with Crippen LogP contribution in [0.15, 0.2) is 55.2 Å². The molecule has 0 spiro atoms. The largest absolute Gasteiger partial charge is 0.384 e. The summed E-state index contributed by atoms with van der Waals surface area (Å²) in [5.41, 5.74) is 2.00. The molecule has 4 heterocycles. The smallest absolute Gasteiger partial charge is 0.234 e. The third-order valence-corrected chi connectivity index (χ3v) is 3.86. The summed E-state index contributed by atoms with van der Waals surface area (Å²) in [6.07, 6.45) is 8.70. The lowest BCUT2D eigenvalue weighted by atomic mass is 10.1. The number of pyridine rings is 1. The summed E-state index contributed by atoms with van der Waals surface area (Å²) in [7, 11) is 0. The second-order valence-corrected chi connectivity index (χ2v) is 6.19. The van der Waals surface area contributed by atoms with Crippen molar-refractivity contribution in [2.45, 2.75) is 19.4 Å². The summed E-state index contributed by atoms with van der Waals surface area (Å²) in [4.78, 5) is 21.7. The van der Waals surface area contributed by atoms with E-state index in [-0.39, 0.29) is 0 Å². The first kappa shape index (κ1) is 15.3. The Morgan fingerprint density at radius 2 is 1.76 bits per heavy atom. The Morgan fingerprint density at radius 3 is 2.52 bits per heavy atom. The first-order valence-electron chi connectivity index (χ1n) is 7.83. The number of aromatic nitrogens is 6. The molecule has 0 saturated carbocycles. The van der Waals surface area contributed by atoms with Crippen molar-refractivity contribution in [2.75, 3.05) is 0 Å². The summed E-state index contributed by atoms with van der Waals surface area (Å²) < 4.78 is 1.84. The molecule has 0 amide bonds. The maximum atomic E-state index is 10.1. The minimum atomic E-state index is -1.02. The van der Waals surface area contributed by atoms with Gasteiger partial charge in [-0.05, 0) is 38.1 Å².